The summed E-state index contributed by atoms with van der Waals surface area (Å²) >= 11 is 2.32. The second kappa shape index (κ2) is 3.16. The third kappa shape index (κ3) is 1.56. The second-order valence-electron chi connectivity index (χ2n) is 2.56. The summed E-state index contributed by atoms with van der Waals surface area (Å²) in [5.74, 6) is 0. The van der Waals surface area contributed by atoms with Crippen LogP contribution in [0.15, 0.2) is 0 Å². The lowest BCUT2D eigenvalue weighted by Gasteiger charge is -2.18. The number of alkyl halides is 1. The molecule has 1 rings (SSSR count). The molecule has 1 fully saturated rings. The van der Waals surface area contributed by atoms with Gasteiger partial charge >= 0.3 is 0 Å². The SMILES string of the molecule is CN1CC[C@@H](O)[C@H]1CI. The van der Waals surface area contributed by atoms with E-state index in [1.54, 1.807) is 0 Å². The van der Waals surface area contributed by atoms with Crippen molar-refractivity contribution in [1.82, 2.24) is 4.90 Å². The fourth-order valence-corrected chi connectivity index (χ4v) is 2.47. The molecule has 0 radical (unpaired) electrons. The molecule has 2 atom stereocenters. The van der Waals surface area contributed by atoms with Crippen molar-refractivity contribution in [3.63, 3.8) is 0 Å². The van der Waals surface area contributed by atoms with Crippen LogP contribution < -0.4 is 0 Å². The standard InChI is InChI=1S/C6H12INO/c1-8-3-2-6(9)5(8)4-7/h5-6,9H,2-4H2,1H3/t5-,6-/m1/s1. The first-order chi connectivity index (χ1) is 4.25. The maximum atomic E-state index is 9.31. The van der Waals surface area contributed by atoms with E-state index in [1.807, 2.05) is 0 Å². The highest BCUT2D eigenvalue weighted by Crippen LogP contribution is 2.17. The van der Waals surface area contributed by atoms with Gasteiger partial charge in [-0.25, -0.2) is 0 Å². The van der Waals surface area contributed by atoms with Crippen molar-refractivity contribution in [2.45, 2.75) is 18.6 Å². The van der Waals surface area contributed by atoms with E-state index in [0.29, 0.717) is 6.04 Å². The van der Waals surface area contributed by atoms with E-state index in [0.717, 1.165) is 17.4 Å². The molecular weight excluding hydrogens is 229 g/mol. The monoisotopic (exact) mass is 241 g/mol. The lowest BCUT2D eigenvalue weighted by atomic mass is 10.2. The van der Waals surface area contributed by atoms with Crippen LogP contribution in [0.3, 0.4) is 0 Å². The fraction of sp³-hybridized carbons (Fsp3) is 1.00. The first-order valence-electron chi connectivity index (χ1n) is 3.20. The molecule has 1 heterocycles. The first-order valence-corrected chi connectivity index (χ1v) is 4.72. The number of aliphatic hydroxyl groups excluding tert-OH is 1. The smallest absolute Gasteiger partial charge is 0.0714 e. The molecule has 0 bridgehead atoms. The molecular formula is C6H12INO. The molecule has 2 nitrogen and oxygen atoms in total. The largest absolute Gasteiger partial charge is 0.391 e. The van der Waals surface area contributed by atoms with Crippen LogP contribution in [0.25, 0.3) is 0 Å². The van der Waals surface area contributed by atoms with Gasteiger partial charge in [0, 0.05) is 17.0 Å². The van der Waals surface area contributed by atoms with Gasteiger partial charge < -0.3 is 5.11 Å². The van der Waals surface area contributed by atoms with Crippen molar-refractivity contribution >= 4 is 22.6 Å². The van der Waals surface area contributed by atoms with Crippen LogP contribution in [0.5, 0.6) is 0 Å². The van der Waals surface area contributed by atoms with Gasteiger partial charge in [0.2, 0.25) is 0 Å². The molecule has 0 amide bonds. The highest BCUT2D eigenvalue weighted by Gasteiger charge is 2.28. The number of hydrogen-bond donors (Lipinski definition) is 1. The zero-order valence-electron chi connectivity index (χ0n) is 5.55. The predicted molar refractivity (Wildman–Crippen MR) is 45.9 cm³/mol. The minimum atomic E-state index is -0.0769. The van der Waals surface area contributed by atoms with E-state index < -0.39 is 0 Å². The summed E-state index contributed by atoms with van der Waals surface area (Å²) in [6.45, 7) is 1.05. The van der Waals surface area contributed by atoms with E-state index in [4.69, 9.17) is 0 Å². The fourth-order valence-electron chi connectivity index (χ4n) is 1.21. The number of aliphatic hydroxyl groups is 1. The summed E-state index contributed by atoms with van der Waals surface area (Å²) < 4.78 is 1.04. The van der Waals surface area contributed by atoms with E-state index in [1.165, 1.54) is 0 Å². The van der Waals surface area contributed by atoms with Crippen LogP contribution in [-0.2, 0) is 0 Å². The van der Waals surface area contributed by atoms with Crippen molar-refractivity contribution in [3.8, 4) is 0 Å². The summed E-state index contributed by atoms with van der Waals surface area (Å²) in [5, 5.41) is 9.31. The van der Waals surface area contributed by atoms with Gasteiger partial charge in [-0.2, -0.15) is 0 Å². The van der Waals surface area contributed by atoms with Gasteiger partial charge in [0.1, 0.15) is 0 Å². The third-order valence-corrected chi connectivity index (χ3v) is 2.85. The molecule has 0 saturated carbocycles. The normalized spacial score (nSPS) is 37.7. The van der Waals surface area contributed by atoms with E-state index in [2.05, 4.69) is 34.5 Å². The Labute approximate surface area is 69.4 Å². The molecule has 1 aliphatic rings. The van der Waals surface area contributed by atoms with E-state index >= 15 is 0 Å². The molecule has 0 unspecified atom stereocenters. The summed E-state index contributed by atoms with van der Waals surface area (Å²) in [5.41, 5.74) is 0. The second-order valence-corrected chi connectivity index (χ2v) is 3.44. The Morgan fingerprint density at radius 2 is 2.44 bits per heavy atom. The molecule has 0 aromatic heterocycles. The number of halogens is 1. The average molecular weight is 241 g/mol. The molecule has 0 aliphatic carbocycles. The Kier molecular flexibility index (Phi) is 2.73. The minimum Gasteiger partial charge on any atom is -0.391 e. The number of nitrogens with zero attached hydrogens (tertiary/aromatic N) is 1. The van der Waals surface area contributed by atoms with Crippen molar-refractivity contribution in [1.29, 1.82) is 0 Å². The number of likely N-dealkylation sites (tertiary alicyclic amines) is 1. The van der Waals surface area contributed by atoms with Crippen molar-refractivity contribution in [2.75, 3.05) is 18.0 Å². The Bertz CT molecular complexity index is 89.1. The van der Waals surface area contributed by atoms with Crippen LogP contribution in [0.2, 0.25) is 0 Å². The van der Waals surface area contributed by atoms with Crippen molar-refractivity contribution in [3.05, 3.63) is 0 Å². The van der Waals surface area contributed by atoms with E-state index in [9.17, 15) is 5.11 Å². The number of rotatable bonds is 1. The summed E-state index contributed by atoms with van der Waals surface area (Å²) in [4.78, 5) is 2.22. The topological polar surface area (TPSA) is 23.5 Å². The van der Waals surface area contributed by atoms with Crippen LogP contribution in [-0.4, -0.2) is 40.2 Å². The molecule has 0 aromatic carbocycles. The Morgan fingerprint density at radius 1 is 1.78 bits per heavy atom. The lowest BCUT2D eigenvalue weighted by molar-refractivity contribution is 0.141. The van der Waals surface area contributed by atoms with Gasteiger partial charge in [-0.15, -0.1) is 0 Å². The van der Waals surface area contributed by atoms with Gasteiger partial charge in [0.15, 0.2) is 0 Å². The highest BCUT2D eigenvalue weighted by molar-refractivity contribution is 14.1. The summed E-state index contributed by atoms with van der Waals surface area (Å²) in [6.07, 6.45) is 0.872. The maximum absolute atomic E-state index is 9.31. The van der Waals surface area contributed by atoms with E-state index in [-0.39, 0.29) is 6.10 Å². The molecule has 9 heavy (non-hydrogen) atoms. The summed E-state index contributed by atoms with van der Waals surface area (Å²) in [6, 6.07) is 0.408. The highest BCUT2D eigenvalue weighted by atomic mass is 127. The van der Waals surface area contributed by atoms with Crippen LogP contribution in [0, 0.1) is 0 Å². The zero-order chi connectivity index (χ0) is 6.85. The molecule has 54 valence electrons. The van der Waals surface area contributed by atoms with Crippen LogP contribution in [0.1, 0.15) is 6.42 Å². The number of likely N-dealkylation sites (N-methyl/N-ethyl adjacent to an activating group) is 1. The first kappa shape index (κ1) is 7.75. The van der Waals surface area contributed by atoms with Gasteiger partial charge in [0.25, 0.3) is 0 Å². The van der Waals surface area contributed by atoms with Gasteiger partial charge in [-0.05, 0) is 13.5 Å². The molecule has 1 saturated heterocycles. The zero-order valence-corrected chi connectivity index (χ0v) is 7.71. The molecule has 3 heteroatoms. The van der Waals surface area contributed by atoms with Crippen LogP contribution in [0.4, 0.5) is 0 Å². The third-order valence-electron chi connectivity index (χ3n) is 1.95. The van der Waals surface area contributed by atoms with Crippen LogP contribution >= 0.6 is 22.6 Å². The Balaban J connectivity index is 2.44. The van der Waals surface area contributed by atoms with Gasteiger partial charge in [-0.1, -0.05) is 22.6 Å². The lowest BCUT2D eigenvalue weighted by Crippen LogP contribution is -2.33. The van der Waals surface area contributed by atoms with Crippen molar-refractivity contribution < 1.29 is 5.11 Å². The van der Waals surface area contributed by atoms with Crippen molar-refractivity contribution in [2.24, 2.45) is 0 Å². The Hall–Kier alpha value is 0.650. The molecule has 1 N–H and O–H groups in total. The predicted octanol–water partition coefficient (Wildman–Crippen LogP) is 0.486. The molecule has 1 aliphatic heterocycles. The number of hydrogen-bond acceptors (Lipinski definition) is 2. The average Bonchev–Trinajstić information content (AvgIpc) is 2.12. The quantitative estimate of drug-likeness (QED) is 0.533. The minimum absolute atomic E-state index is 0.0769. The Morgan fingerprint density at radius 3 is 2.67 bits per heavy atom. The summed E-state index contributed by atoms with van der Waals surface area (Å²) in [7, 11) is 2.07. The van der Waals surface area contributed by atoms with Gasteiger partial charge in [-0.3, -0.25) is 4.90 Å². The molecule has 0 aromatic rings. The maximum Gasteiger partial charge on any atom is 0.0714 e. The van der Waals surface area contributed by atoms with Gasteiger partial charge in [0.05, 0.1) is 6.10 Å². The molecule has 0 spiro atoms.